The van der Waals surface area contributed by atoms with Gasteiger partial charge in [0.25, 0.3) is 5.91 Å². The molecule has 1 aromatic carbocycles. The third-order valence-corrected chi connectivity index (χ3v) is 3.63. The predicted octanol–water partition coefficient (Wildman–Crippen LogP) is 3.60. The summed E-state index contributed by atoms with van der Waals surface area (Å²) in [6.45, 7) is 0.484. The molecule has 0 radical (unpaired) electrons. The fraction of sp³-hybridized carbons (Fsp3) is 0.118. The molecule has 25 heavy (non-hydrogen) atoms. The van der Waals surface area contributed by atoms with Crippen LogP contribution >= 0.6 is 11.6 Å². The fourth-order valence-corrected chi connectivity index (χ4v) is 2.34. The van der Waals surface area contributed by atoms with Crippen molar-refractivity contribution >= 4 is 29.0 Å². The molecule has 0 spiro atoms. The second kappa shape index (κ2) is 7.67. The third-order valence-electron chi connectivity index (χ3n) is 3.33. The quantitative estimate of drug-likeness (QED) is 0.699. The van der Waals surface area contributed by atoms with Gasteiger partial charge in [0.15, 0.2) is 5.69 Å². The molecular formula is C17H15ClN4O3. The number of halogens is 1. The number of hydrogen-bond acceptors (Lipinski definition) is 6. The summed E-state index contributed by atoms with van der Waals surface area (Å²) in [6.07, 6.45) is 1.60. The van der Waals surface area contributed by atoms with E-state index in [1.165, 1.54) is 7.11 Å². The Morgan fingerprint density at radius 3 is 2.76 bits per heavy atom. The summed E-state index contributed by atoms with van der Waals surface area (Å²) in [6, 6.07) is 11.9. The summed E-state index contributed by atoms with van der Waals surface area (Å²) in [7, 11) is 1.52. The van der Waals surface area contributed by atoms with Crippen LogP contribution in [0.4, 0.5) is 11.5 Å². The number of benzene rings is 1. The number of carbonyl (C=O) groups excluding carboxylic acids is 1. The molecule has 3 rings (SSSR count). The highest BCUT2D eigenvalue weighted by atomic mass is 35.5. The van der Waals surface area contributed by atoms with E-state index in [4.69, 9.17) is 20.8 Å². The number of amides is 1. The van der Waals surface area contributed by atoms with Gasteiger partial charge in [-0.15, -0.1) is 10.2 Å². The van der Waals surface area contributed by atoms with Crippen LogP contribution in [-0.4, -0.2) is 23.2 Å². The van der Waals surface area contributed by atoms with E-state index in [-0.39, 0.29) is 11.6 Å². The fourth-order valence-electron chi connectivity index (χ4n) is 2.08. The highest BCUT2D eigenvalue weighted by Crippen LogP contribution is 2.27. The molecular weight excluding hydrogens is 344 g/mol. The number of anilines is 2. The highest BCUT2D eigenvalue weighted by Gasteiger charge is 2.10. The van der Waals surface area contributed by atoms with E-state index in [0.717, 1.165) is 5.76 Å². The number of rotatable bonds is 6. The molecule has 128 valence electrons. The number of nitrogens with zero attached hydrogens (tertiary/aromatic N) is 2. The number of methoxy groups -OCH3 is 1. The van der Waals surface area contributed by atoms with E-state index in [1.807, 2.05) is 12.1 Å². The Balaban J connectivity index is 1.61. The molecule has 0 bridgehead atoms. The van der Waals surface area contributed by atoms with Gasteiger partial charge in [0.1, 0.15) is 17.3 Å². The van der Waals surface area contributed by atoms with Gasteiger partial charge >= 0.3 is 0 Å². The second-order valence-electron chi connectivity index (χ2n) is 5.04. The number of furan rings is 1. The minimum absolute atomic E-state index is 0.190. The van der Waals surface area contributed by atoms with Crippen LogP contribution < -0.4 is 15.4 Å². The van der Waals surface area contributed by atoms with Gasteiger partial charge in [-0.1, -0.05) is 11.6 Å². The van der Waals surface area contributed by atoms with Crippen LogP contribution in [0.5, 0.6) is 5.75 Å². The zero-order valence-electron chi connectivity index (χ0n) is 13.3. The maximum Gasteiger partial charge on any atom is 0.276 e. The number of hydrogen-bond donors (Lipinski definition) is 2. The van der Waals surface area contributed by atoms with Crippen molar-refractivity contribution in [3.63, 3.8) is 0 Å². The molecule has 0 atom stereocenters. The Labute approximate surface area is 149 Å². The van der Waals surface area contributed by atoms with Crippen LogP contribution in [0.2, 0.25) is 5.02 Å². The summed E-state index contributed by atoms with van der Waals surface area (Å²) < 4.78 is 10.3. The van der Waals surface area contributed by atoms with Crippen LogP contribution in [-0.2, 0) is 6.54 Å². The van der Waals surface area contributed by atoms with E-state index in [9.17, 15) is 4.79 Å². The van der Waals surface area contributed by atoms with E-state index in [1.54, 1.807) is 36.6 Å². The summed E-state index contributed by atoms with van der Waals surface area (Å²) in [4.78, 5) is 12.2. The normalized spacial score (nSPS) is 10.3. The minimum atomic E-state index is -0.383. The van der Waals surface area contributed by atoms with Crippen LogP contribution in [0.15, 0.2) is 53.1 Å². The van der Waals surface area contributed by atoms with Gasteiger partial charge in [0.05, 0.1) is 24.9 Å². The van der Waals surface area contributed by atoms with E-state index in [2.05, 4.69) is 20.8 Å². The van der Waals surface area contributed by atoms with E-state index >= 15 is 0 Å². The smallest absolute Gasteiger partial charge is 0.276 e. The molecule has 3 aromatic rings. The standard InChI is InChI=1S/C17H15ClN4O3/c1-24-15-6-4-11(9-13(15)18)20-17(23)14-5-7-16(22-21-14)19-10-12-3-2-8-25-12/h2-9H,10H2,1H3,(H,19,22)(H,20,23). The molecule has 2 aromatic heterocycles. The lowest BCUT2D eigenvalue weighted by molar-refractivity contribution is 0.102. The lowest BCUT2D eigenvalue weighted by Crippen LogP contribution is -2.15. The number of aromatic nitrogens is 2. The van der Waals surface area contributed by atoms with Crippen molar-refractivity contribution in [1.82, 2.24) is 10.2 Å². The first-order valence-electron chi connectivity index (χ1n) is 7.40. The lowest BCUT2D eigenvalue weighted by atomic mass is 10.3. The summed E-state index contributed by atoms with van der Waals surface area (Å²) in [5.41, 5.74) is 0.730. The predicted molar refractivity (Wildman–Crippen MR) is 94.0 cm³/mol. The minimum Gasteiger partial charge on any atom is -0.495 e. The molecule has 2 heterocycles. The zero-order chi connectivity index (χ0) is 17.6. The molecule has 8 heteroatoms. The second-order valence-corrected chi connectivity index (χ2v) is 5.45. The molecule has 7 nitrogen and oxygen atoms in total. The highest BCUT2D eigenvalue weighted by molar-refractivity contribution is 6.32. The SMILES string of the molecule is COc1ccc(NC(=O)c2ccc(NCc3ccco3)nn2)cc1Cl. The largest absolute Gasteiger partial charge is 0.495 e. The van der Waals surface area contributed by atoms with Crippen molar-refractivity contribution < 1.29 is 13.9 Å². The average Bonchev–Trinajstić information content (AvgIpc) is 3.14. The molecule has 2 N–H and O–H groups in total. The first-order chi connectivity index (χ1) is 12.2. The number of ether oxygens (including phenoxy) is 1. The molecule has 0 unspecified atom stereocenters. The van der Waals surface area contributed by atoms with Crippen LogP contribution in [0.1, 0.15) is 16.2 Å². The zero-order valence-corrected chi connectivity index (χ0v) is 14.1. The van der Waals surface area contributed by atoms with Crippen molar-refractivity contribution in [3.8, 4) is 5.75 Å². The topological polar surface area (TPSA) is 89.3 Å². The molecule has 0 saturated carbocycles. The van der Waals surface area contributed by atoms with Crippen molar-refractivity contribution in [1.29, 1.82) is 0 Å². The molecule has 0 aliphatic heterocycles. The Morgan fingerprint density at radius 1 is 1.24 bits per heavy atom. The van der Waals surface area contributed by atoms with Gasteiger partial charge in [0, 0.05) is 5.69 Å². The van der Waals surface area contributed by atoms with Crippen molar-refractivity contribution in [2.24, 2.45) is 0 Å². The third kappa shape index (κ3) is 4.27. The van der Waals surface area contributed by atoms with Gasteiger partial charge in [-0.2, -0.15) is 0 Å². The van der Waals surface area contributed by atoms with E-state index in [0.29, 0.717) is 28.8 Å². The molecule has 0 aliphatic rings. The van der Waals surface area contributed by atoms with Crippen LogP contribution in [0.25, 0.3) is 0 Å². The summed E-state index contributed by atoms with van der Waals surface area (Å²) in [5, 5.41) is 14.1. The molecule has 0 aliphatic carbocycles. The lowest BCUT2D eigenvalue weighted by Gasteiger charge is -2.08. The van der Waals surface area contributed by atoms with Gasteiger partial charge in [0.2, 0.25) is 0 Å². The first kappa shape index (κ1) is 16.8. The van der Waals surface area contributed by atoms with Gasteiger partial charge in [-0.05, 0) is 42.5 Å². The molecule has 0 fully saturated rings. The monoisotopic (exact) mass is 358 g/mol. The van der Waals surface area contributed by atoms with Crippen molar-refractivity contribution in [2.45, 2.75) is 6.54 Å². The molecule has 1 amide bonds. The van der Waals surface area contributed by atoms with Crippen LogP contribution in [0, 0.1) is 0 Å². The maximum absolute atomic E-state index is 12.2. The van der Waals surface area contributed by atoms with E-state index < -0.39 is 0 Å². The average molecular weight is 359 g/mol. The maximum atomic E-state index is 12.2. The Kier molecular flexibility index (Phi) is 5.15. The first-order valence-corrected chi connectivity index (χ1v) is 7.78. The number of nitrogens with one attached hydrogen (secondary N) is 2. The molecule has 0 saturated heterocycles. The summed E-state index contributed by atoms with van der Waals surface area (Å²) in [5.74, 6) is 1.47. The summed E-state index contributed by atoms with van der Waals surface area (Å²) >= 11 is 6.04. The van der Waals surface area contributed by atoms with Crippen LogP contribution in [0.3, 0.4) is 0 Å². The van der Waals surface area contributed by atoms with Gasteiger partial charge < -0.3 is 19.8 Å². The van der Waals surface area contributed by atoms with Crippen molar-refractivity contribution in [3.05, 3.63) is 65.2 Å². The Hall–Kier alpha value is -3.06. The number of carbonyl (C=O) groups is 1. The Morgan fingerprint density at radius 2 is 2.12 bits per heavy atom. The van der Waals surface area contributed by atoms with Gasteiger partial charge in [-0.25, -0.2) is 0 Å². The van der Waals surface area contributed by atoms with Gasteiger partial charge in [-0.3, -0.25) is 4.79 Å². The Bertz CT molecular complexity index is 851. The van der Waals surface area contributed by atoms with Crippen molar-refractivity contribution in [2.75, 3.05) is 17.7 Å².